The molecule has 1 aromatic heterocycles. The fraction of sp³-hybridized carbons (Fsp3) is 0.238. The number of likely N-dealkylation sites (N-methyl/N-ethyl adjacent to an activating group) is 1. The van der Waals surface area contributed by atoms with Crippen LogP contribution in [0.25, 0.3) is 11.4 Å². The molecule has 0 N–H and O–H groups in total. The van der Waals surface area contributed by atoms with E-state index in [1.165, 1.54) is 26.2 Å². The van der Waals surface area contributed by atoms with Gasteiger partial charge >= 0.3 is 23.9 Å². The molecular formula is C21H18ClF3N4O4. The molecule has 0 saturated carbocycles. The molecule has 0 unspecified atom stereocenters. The smallest absolute Gasteiger partial charge is 0.340 e. The van der Waals surface area contributed by atoms with Crippen LogP contribution < -0.4 is 0 Å². The standard InChI is InChI=1S/C21H18ClF3N4O4/c1-28(2)18(30)19(31)29(32-12-14-5-9-16(22)10-6-14)11-13-3-7-15(8-4-13)17-26-20(33-27-17)21(23,24)25/h3-10H,11-12H2,1-2H3. The van der Waals surface area contributed by atoms with Gasteiger partial charge in [0.1, 0.15) is 6.61 Å². The van der Waals surface area contributed by atoms with Gasteiger partial charge in [-0.2, -0.15) is 18.2 Å². The SMILES string of the molecule is CN(C)C(=O)C(=O)N(Cc1ccc(-c2noc(C(F)(F)F)n2)cc1)OCc1ccc(Cl)cc1. The minimum atomic E-state index is -4.74. The van der Waals surface area contributed by atoms with Crippen LogP contribution in [0.15, 0.2) is 53.1 Å². The number of amides is 2. The first-order chi connectivity index (χ1) is 15.5. The fourth-order valence-electron chi connectivity index (χ4n) is 2.59. The second kappa shape index (κ2) is 10.0. The van der Waals surface area contributed by atoms with Gasteiger partial charge in [0.25, 0.3) is 0 Å². The van der Waals surface area contributed by atoms with Gasteiger partial charge in [0.05, 0.1) is 6.54 Å². The van der Waals surface area contributed by atoms with Crippen molar-refractivity contribution in [3.63, 3.8) is 0 Å². The van der Waals surface area contributed by atoms with Crippen molar-refractivity contribution in [2.24, 2.45) is 0 Å². The highest BCUT2D eigenvalue weighted by atomic mass is 35.5. The quantitative estimate of drug-likeness (QED) is 0.390. The Balaban J connectivity index is 1.75. The summed E-state index contributed by atoms with van der Waals surface area (Å²) in [4.78, 5) is 34.8. The van der Waals surface area contributed by atoms with Crippen LogP contribution in [0, 0.1) is 0 Å². The maximum absolute atomic E-state index is 12.7. The fourth-order valence-corrected chi connectivity index (χ4v) is 2.71. The van der Waals surface area contributed by atoms with Gasteiger partial charge < -0.3 is 9.42 Å². The van der Waals surface area contributed by atoms with Crippen LogP contribution in [-0.4, -0.2) is 46.0 Å². The Hall–Kier alpha value is -3.44. The molecule has 0 bridgehead atoms. The van der Waals surface area contributed by atoms with Crippen LogP contribution in [0.3, 0.4) is 0 Å². The van der Waals surface area contributed by atoms with Crippen molar-refractivity contribution >= 4 is 23.4 Å². The number of carbonyl (C=O) groups excluding carboxylic acids is 2. The first-order valence-corrected chi connectivity index (χ1v) is 9.83. The maximum atomic E-state index is 12.7. The van der Waals surface area contributed by atoms with Crippen LogP contribution in [-0.2, 0) is 33.8 Å². The second-order valence-electron chi connectivity index (χ2n) is 7.06. The summed E-state index contributed by atoms with van der Waals surface area (Å²) in [5, 5.41) is 4.79. The minimum absolute atomic E-state index is 0.00474. The highest BCUT2D eigenvalue weighted by Crippen LogP contribution is 2.29. The van der Waals surface area contributed by atoms with E-state index < -0.39 is 23.9 Å². The van der Waals surface area contributed by atoms with Crippen LogP contribution in [0.2, 0.25) is 5.02 Å². The van der Waals surface area contributed by atoms with Gasteiger partial charge in [-0.25, -0.2) is 5.06 Å². The van der Waals surface area contributed by atoms with Crippen molar-refractivity contribution in [1.82, 2.24) is 20.1 Å². The predicted octanol–water partition coefficient (Wildman–Crippen LogP) is 3.96. The number of hydroxylamine groups is 2. The summed E-state index contributed by atoms with van der Waals surface area (Å²) in [6, 6.07) is 12.8. The third kappa shape index (κ3) is 6.30. The molecule has 0 saturated heterocycles. The normalized spacial score (nSPS) is 11.3. The van der Waals surface area contributed by atoms with Gasteiger partial charge in [-0.15, -0.1) is 0 Å². The van der Waals surface area contributed by atoms with Crippen molar-refractivity contribution in [3.05, 3.63) is 70.6 Å². The van der Waals surface area contributed by atoms with Gasteiger partial charge in [0.15, 0.2) is 0 Å². The Labute approximate surface area is 191 Å². The van der Waals surface area contributed by atoms with Gasteiger partial charge in [-0.05, 0) is 23.3 Å². The number of halogens is 4. The number of hydrogen-bond acceptors (Lipinski definition) is 6. The molecule has 0 aliphatic heterocycles. The van der Waals surface area contributed by atoms with Crippen LogP contribution >= 0.6 is 11.6 Å². The summed E-state index contributed by atoms with van der Waals surface area (Å²) in [6.07, 6.45) is -4.74. The first kappa shape index (κ1) is 24.2. The average molecular weight is 483 g/mol. The third-order valence-electron chi connectivity index (χ3n) is 4.32. The zero-order chi connectivity index (χ0) is 24.2. The molecule has 0 spiro atoms. The molecule has 12 heteroatoms. The van der Waals surface area contributed by atoms with Crippen molar-refractivity contribution < 1.29 is 32.1 Å². The topological polar surface area (TPSA) is 88.8 Å². The van der Waals surface area contributed by atoms with Crippen LogP contribution in [0.1, 0.15) is 17.0 Å². The third-order valence-corrected chi connectivity index (χ3v) is 4.57. The average Bonchev–Trinajstić information content (AvgIpc) is 3.28. The van der Waals surface area contributed by atoms with Crippen molar-refractivity contribution in [2.75, 3.05) is 14.1 Å². The van der Waals surface area contributed by atoms with E-state index in [1.807, 2.05) is 0 Å². The van der Waals surface area contributed by atoms with Crippen molar-refractivity contribution in [1.29, 1.82) is 0 Å². The van der Waals surface area contributed by atoms with Crippen molar-refractivity contribution in [2.45, 2.75) is 19.3 Å². The molecule has 174 valence electrons. The zero-order valence-electron chi connectivity index (χ0n) is 17.5. The van der Waals surface area contributed by atoms with E-state index in [0.717, 1.165) is 15.5 Å². The van der Waals surface area contributed by atoms with E-state index >= 15 is 0 Å². The lowest BCUT2D eigenvalue weighted by Gasteiger charge is -2.23. The number of benzene rings is 2. The maximum Gasteiger partial charge on any atom is 0.471 e. The van der Waals surface area contributed by atoms with Crippen LogP contribution in [0.5, 0.6) is 0 Å². The minimum Gasteiger partial charge on any atom is -0.340 e. The second-order valence-corrected chi connectivity index (χ2v) is 7.50. The van der Waals surface area contributed by atoms with Crippen LogP contribution in [0.4, 0.5) is 13.2 Å². The van der Waals surface area contributed by atoms with Gasteiger partial charge in [0.2, 0.25) is 5.82 Å². The highest BCUT2D eigenvalue weighted by molar-refractivity contribution is 6.34. The monoisotopic (exact) mass is 482 g/mol. The number of hydrogen-bond donors (Lipinski definition) is 0. The van der Waals surface area contributed by atoms with E-state index in [0.29, 0.717) is 10.6 Å². The summed E-state index contributed by atoms with van der Waals surface area (Å²) in [7, 11) is 2.87. The molecule has 1 heterocycles. The Bertz CT molecular complexity index is 1120. The van der Waals surface area contributed by atoms with E-state index in [-0.39, 0.29) is 24.5 Å². The summed E-state index contributed by atoms with van der Waals surface area (Å²) in [5.74, 6) is -3.35. The Morgan fingerprint density at radius 2 is 1.61 bits per heavy atom. The zero-order valence-corrected chi connectivity index (χ0v) is 18.2. The van der Waals surface area contributed by atoms with E-state index in [1.54, 1.807) is 36.4 Å². The molecule has 3 rings (SSSR count). The molecule has 8 nitrogen and oxygen atoms in total. The van der Waals surface area contributed by atoms with Gasteiger partial charge in [-0.1, -0.05) is 53.2 Å². The molecule has 0 atom stereocenters. The summed E-state index contributed by atoms with van der Waals surface area (Å²) in [6.45, 7) is -0.0862. The Morgan fingerprint density at radius 3 is 2.15 bits per heavy atom. The number of rotatable bonds is 6. The van der Waals surface area contributed by atoms with E-state index in [2.05, 4.69) is 14.7 Å². The van der Waals surface area contributed by atoms with Gasteiger partial charge in [0, 0.05) is 24.7 Å². The molecular weight excluding hydrogens is 465 g/mol. The highest BCUT2D eigenvalue weighted by Gasteiger charge is 2.38. The number of alkyl halides is 3. The summed E-state index contributed by atoms with van der Waals surface area (Å²) in [5.41, 5.74) is 1.55. The molecule has 33 heavy (non-hydrogen) atoms. The lowest BCUT2D eigenvalue weighted by Crippen LogP contribution is -2.42. The number of aromatic nitrogens is 2. The largest absolute Gasteiger partial charge is 0.471 e. The lowest BCUT2D eigenvalue weighted by atomic mass is 10.1. The summed E-state index contributed by atoms with van der Waals surface area (Å²) >= 11 is 5.86. The molecule has 0 fully saturated rings. The lowest BCUT2D eigenvalue weighted by molar-refractivity contribution is -0.198. The molecule has 0 aliphatic carbocycles. The predicted molar refractivity (Wildman–Crippen MR) is 110 cm³/mol. The Kier molecular flexibility index (Phi) is 7.34. The van der Waals surface area contributed by atoms with E-state index in [4.69, 9.17) is 16.4 Å². The Morgan fingerprint density at radius 1 is 1.00 bits per heavy atom. The van der Waals surface area contributed by atoms with Gasteiger partial charge in [-0.3, -0.25) is 14.4 Å². The molecule has 2 amide bonds. The van der Waals surface area contributed by atoms with E-state index in [9.17, 15) is 22.8 Å². The number of carbonyl (C=O) groups is 2. The first-order valence-electron chi connectivity index (χ1n) is 9.45. The molecule has 0 aliphatic rings. The number of nitrogens with zero attached hydrogens (tertiary/aromatic N) is 4. The molecule has 2 aromatic carbocycles. The summed E-state index contributed by atoms with van der Waals surface area (Å²) < 4.78 is 42.2. The van der Waals surface area contributed by atoms with Crippen molar-refractivity contribution in [3.8, 4) is 11.4 Å². The molecule has 0 radical (unpaired) electrons. The molecule has 3 aromatic rings.